The maximum Gasteiger partial charge on any atom is 0.325 e. The third-order valence-electron chi connectivity index (χ3n) is 4.45. The summed E-state index contributed by atoms with van der Waals surface area (Å²) in [5, 5.41) is 9.58. The highest BCUT2D eigenvalue weighted by atomic mass is 16.5. The molecule has 1 aliphatic heterocycles. The van der Waals surface area contributed by atoms with E-state index in [2.05, 4.69) is 15.7 Å². The van der Waals surface area contributed by atoms with Crippen molar-refractivity contribution in [3.05, 3.63) is 41.7 Å². The molecule has 2 N–H and O–H groups in total. The molecule has 0 bridgehead atoms. The second-order valence-corrected chi connectivity index (χ2v) is 6.22. The zero-order valence-electron chi connectivity index (χ0n) is 15.4. The van der Waals surface area contributed by atoms with E-state index in [4.69, 9.17) is 4.74 Å². The average Bonchev–Trinajstić information content (AvgIpc) is 3.19. The molecule has 9 heteroatoms. The summed E-state index contributed by atoms with van der Waals surface area (Å²) in [5.74, 6) is -0.0688. The van der Waals surface area contributed by atoms with Crippen LogP contribution in [-0.4, -0.2) is 52.7 Å². The van der Waals surface area contributed by atoms with Gasteiger partial charge in [-0.15, -0.1) is 0 Å². The fraction of sp³-hybridized carbons (Fsp3) is 0.333. The van der Waals surface area contributed by atoms with Gasteiger partial charge in [-0.25, -0.2) is 9.48 Å². The van der Waals surface area contributed by atoms with Gasteiger partial charge in [-0.2, -0.15) is 5.10 Å². The van der Waals surface area contributed by atoms with Crippen molar-refractivity contribution >= 4 is 17.8 Å². The monoisotopic (exact) mass is 371 g/mol. The lowest BCUT2D eigenvalue weighted by Gasteiger charge is -2.17. The molecule has 142 valence electrons. The van der Waals surface area contributed by atoms with Gasteiger partial charge in [0.25, 0.3) is 5.91 Å². The Hall–Kier alpha value is -3.36. The first-order valence-electron chi connectivity index (χ1n) is 8.47. The summed E-state index contributed by atoms with van der Waals surface area (Å²) in [5.41, 5.74) is 2.59. The molecule has 2 aromatic rings. The number of ether oxygens (including phenoxy) is 1. The van der Waals surface area contributed by atoms with Gasteiger partial charge in [-0.05, 0) is 38.1 Å². The van der Waals surface area contributed by atoms with Gasteiger partial charge in [0.2, 0.25) is 5.91 Å². The largest absolute Gasteiger partial charge is 0.497 e. The number of rotatable bonds is 6. The van der Waals surface area contributed by atoms with Crippen LogP contribution in [0.3, 0.4) is 0 Å². The van der Waals surface area contributed by atoms with Gasteiger partial charge in [0.05, 0.1) is 31.6 Å². The molecule has 0 saturated carbocycles. The van der Waals surface area contributed by atoms with Crippen LogP contribution in [0.2, 0.25) is 0 Å². The van der Waals surface area contributed by atoms with E-state index in [1.807, 2.05) is 38.1 Å². The smallest absolute Gasteiger partial charge is 0.325 e. The number of amides is 4. The van der Waals surface area contributed by atoms with E-state index in [9.17, 15) is 14.4 Å². The molecule has 1 aromatic carbocycles. The molecule has 1 aromatic heterocycles. The van der Waals surface area contributed by atoms with Gasteiger partial charge >= 0.3 is 6.03 Å². The van der Waals surface area contributed by atoms with E-state index >= 15 is 0 Å². The molecule has 1 fully saturated rings. The van der Waals surface area contributed by atoms with E-state index in [1.165, 1.54) is 0 Å². The Morgan fingerprint density at radius 3 is 2.63 bits per heavy atom. The van der Waals surface area contributed by atoms with E-state index in [1.54, 1.807) is 18.0 Å². The number of methoxy groups -OCH3 is 1. The van der Waals surface area contributed by atoms with Crippen molar-refractivity contribution in [2.45, 2.75) is 19.9 Å². The summed E-state index contributed by atoms with van der Waals surface area (Å²) in [7, 11) is 1.61. The third kappa shape index (κ3) is 3.76. The average molecular weight is 371 g/mol. The van der Waals surface area contributed by atoms with Crippen LogP contribution in [0, 0.1) is 6.92 Å². The summed E-state index contributed by atoms with van der Waals surface area (Å²) < 4.78 is 6.93. The molecule has 1 saturated heterocycles. The minimum absolute atomic E-state index is 0.0740. The molecule has 0 unspecified atom stereocenters. The highest BCUT2D eigenvalue weighted by Crippen LogP contribution is 2.21. The number of carbonyl (C=O) groups is 3. The number of urea groups is 1. The molecule has 3 rings (SSSR count). The number of hydrogen-bond donors (Lipinski definition) is 2. The number of nitrogens with one attached hydrogen (secondary N) is 2. The molecular formula is C18H21N5O4. The number of nitrogens with zero attached hydrogens (tertiary/aromatic N) is 3. The van der Waals surface area contributed by atoms with Crippen LogP contribution >= 0.6 is 0 Å². The molecule has 2 heterocycles. The first-order valence-corrected chi connectivity index (χ1v) is 8.47. The maximum atomic E-state index is 12.2. The Bertz CT molecular complexity index is 858. The Morgan fingerprint density at radius 1 is 1.33 bits per heavy atom. The highest BCUT2D eigenvalue weighted by molar-refractivity contribution is 6.04. The Labute approximate surface area is 156 Å². The lowest BCUT2D eigenvalue weighted by molar-refractivity contribution is -0.130. The summed E-state index contributed by atoms with van der Waals surface area (Å²) in [4.78, 5) is 36.2. The standard InChI is InChI=1S/C18H21N5O4/c1-11(21-16(24)10-22-17(25)9-19-18(22)26)15-8-20-23(12(15)2)13-4-6-14(27-3)7-5-13/h4-8,11H,9-10H2,1-3H3,(H,19,26)(H,21,24)/t11-/m0/s1. The number of imide groups is 1. The van der Waals surface area contributed by atoms with Crippen molar-refractivity contribution in [1.29, 1.82) is 0 Å². The summed E-state index contributed by atoms with van der Waals surface area (Å²) >= 11 is 0. The van der Waals surface area contributed by atoms with Crippen LogP contribution in [0.15, 0.2) is 30.5 Å². The van der Waals surface area contributed by atoms with E-state index in [0.29, 0.717) is 0 Å². The Morgan fingerprint density at radius 2 is 2.04 bits per heavy atom. The molecule has 0 spiro atoms. The lowest BCUT2D eigenvalue weighted by Crippen LogP contribution is -2.41. The minimum atomic E-state index is -0.550. The topological polar surface area (TPSA) is 106 Å². The van der Waals surface area contributed by atoms with Crippen molar-refractivity contribution in [3.63, 3.8) is 0 Å². The van der Waals surface area contributed by atoms with Crippen LogP contribution in [0.25, 0.3) is 5.69 Å². The van der Waals surface area contributed by atoms with E-state index in [0.717, 1.165) is 27.6 Å². The van der Waals surface area contributed by atoms with Crippen LogP contribution < -0.4 is 15.4 Å². The minimum Gasteiger partial charge on any atom is -0.497 e. The number of carbonyl (C=O) groups excluding carboxylic acids is 3. The fourth-order valence-electron chi connectivity index (χ4n) is 2.95. The predicted molar refractivity (Wildman–Crippen MR) is 96.5 cm³/mol. The van der Waals surface area contributed by atoms with Crippen LogP contribution in [0.5, 0.6) is 5.75 Å². The number of hydrogen-bond acceptors (Lipinski definition) is 5. The van der Waals surface area contributed by atoms with Gasteiger partial charge in [-0.3, -0.25) is 14.5 Å². The highest BCUT2D eigenvalue weighted by Gasteiger charge is 2.30. The van der Waals surface area contributed by atoms with Crippen molar-refractivity contribution < 1.29 is 19.1 Å². The number of aromatic nitrogens is 2. The Balaban J connectivity index is 1.69. The van der Waals surface area contributed by atoms with Crippen LogP contribution in [0.4, 0.5) is 4.79 Å². The van der Waals surface area contributed by atoms with Crippen molar-refractivity contribution in [2.24, 2.45) is 0 Å². The molecule has 9 nitrogen and oxygen atoms in total. The SMILES string of the molecule is COc1ccc(-n2ncc([C@H](C)NC(=O)CN3C(=O)CNC3=O)c2C)cc1. The first kappa shape index (κ1) is 18.4. The van der Waals surface area contributed by atoms with Gasteiger partial charge in [0.15, 0.2) is 0 Å². The summed E-state index contributed by atoms with van der Waals surface area (Å²) in [6.45, 7) is 3.36. The third-order valence-corrected chi connectivity index (χ3v) is 4.45. The summed E-state index contributed by atoms with van der Waals surface area (Å²) in [6, 6.07) is 6.60. The first-order chi connectivity index (χ1) is 12.9. The van der Waals surface area contributed by atoms with Crippen LogP contribution in [-0.2, 0) is 9.59 Å². The molecule has 1 aliphatic rings. The van der Waals surface area contributed by atoms with Gasteiger partial charge in [0.1, 0.15) is 12.3 Å². The van der Waals surface area contributed by atoms with E-state index < -0.39 is 17.8 Å². The van der Waals surface area contributed by atoms with Crippen molar-refractivity contribution in [3.8, 4) is 11.4 Å². The van der Waals surface area contributed by atoms with Gasteiger partial charge in [-0.1, -0.05) is 0 Å². The second-order valence-electron chi connectivity index (χ2n) is 6.22. The van der Waals surface area contributed by atoms with Crippen molar-refractivity contribution in [1.82, 2.24) is 25.3 Å². The molecule has 0 radical (unpaired) electrons. The Kier molecular flexibility index (Phi) is 5.11. The maximum absolute atomic E-state index is 12.2. The lowest BCUT2D eigenvalue weighted by atomic mass is 10.1. The second kappa shape index (κ2) is 7.48. The quantitative estimate of drug-likeness (QED) is 0.735. The molecule has 0 aliphatic carbocycles. The normalized spacial score (nSPS) is 14.9. The zero-order valence-corrected chi connectivity index (χ0v) is 15.4. The van der Waals surface area contributed by atoms with Gasteiger partial charge in [0, 0.05) is 11.3 Å². The number of benzene rings is 1. The van der Waals surface area contributed by atoms with Crippen molar-refractivity contribution in [2.75, 3.05) is 20.2 Å². The van der Waals surface area contributed by atoms with E-state index in [-0.39, 0.29) is 19.1 Å². The fourth-order valence-corrected chi connectivity index (χ4v) is 2.95. The predicted octanol–water partition coefficient (Wildman–Crippen LogP) is 0.918. The molecule has 27 heavy (non-hydrogen) atoms. The molecular weight excluding hydrogens is 350 g/mol. The van der Waals surface area contributed by atoms with Gasteiger partial charge < -0.3 is 15.4 Å². The van der Waals surface area contributed by atoms with Crippen LogP contribution in [0.1, 0.15) is 24.2 Å². The zero-order chi connectivity index (χ0) is 19.6. The molecule has 1 atom stereocenters. The summed E-state index contributed by atoms with van der Waals surface area (Å²) in [6.07, 6.45) is 1.69. The molecule has 4 amide bonds.